The molecule has 5 nitrogen and oxygen atoms in total. The van der Waals surface area contributed by atoms with Crippen molar-refractivity contribution < 1.29 is 4.42 Å². The number of halogens is 1. The van der Waals surface area contributed by atoms with Crippen LogP contribution in [0.4, 0.5) is 0 Å². The molecule has 1 fully saturated rings. The highest BCUT2D eigenvalue weighted by Crippen LogP contribution is 2.26. The molecule has 1 aliphatic heterocycles. The van der Waals surface area contributed by atoms with Gasteiger partial charge in [0.05, 0.1) is 6.04 Å². The molecule has 2 atom stereocenters. The van der Waals surface area contributed by atoms with Crippen molar-refractivity contribution in [3.8, 4) is 0 Å². The highest BCUT2D eigenvalue weighted by Gasteiger charge is 2.26. The highest BCUT2D eigenvalue weighted by atomic mass is 127. The Morgan fingerprint density at radius 3 is 2.56 bits per heavy atom. The number of nitrogens with one attached hydrogen (secondary N) is 2. The van der Waals surface area contributed by atoms with E-state index in [2.05, 4.69) is 51.0 Å². The van der Waals surface area contributed by atoms with Crippen LogP contribution in [0.1, 0.15) is 48.1 Å². The molecular weight excluding hydrogens is 471 g/mol. The number of aryl methyl sites for hydroxylation is 1. The molecule has 1 aliphatic rings. The molecule has 150 valence electrons. The van der Waals surface area contributed by atoms with Gasteiger partial charge in [0.25, 0.3) is 0 Å². The summed E-state index contributed by atoms with van der Waals surface area (Å²) in [6, 6.07) is 8.70. The lowest BCUT2D eigenvalue weighted by Crippen LogP contribution is -2.43. The Balaban J connectivity index is 0.00000261. The van der Waals surface area contributed by atoms with Gasteiger partial charge in [-0.2, -0.15) is 0 Å². The number of likely N-dealkylation sites (tertiary alicyclic amines) is 1. The average molecular weight is 502 g/mol. The van der Waals surface area contributed by atoms with E-state index >= 15 is 0 Å². The normalized spacial score (nSPS) is 17.4. The zero-order valence-corrected chi connectivity index (χ0v) is 19.6. The third-order valence-corrected chi connectivity index (χ3v) is 6.07. The van der Waals surface area contributed by atoms with E-state index in [4.69, 9.17) is 4.42 Å². The first kappa shape index (κ1) is 22.2. The third-order valence-electron chi connectivity index (χ3n) is 4.96. The van der Waals surface area contributed by atoms with Crippen LogP contribution in [0.5, 0.6) is 0 Å². The van der Waals surface area contributed by atoms with Crippen molar-refractivity contribution in [1.29, 1.82) is 0 Å². The fraction of sp³-hybridized carbons (Fsp3) is 0.550. The maximum atomic E-state index is 5.93. The molecule has 2 aromatic rings. The summed E-state index contributed by atoms with van der Waals surface area (Å²) in [7, 11) is 1.83. The minimum Gasteiger partial charge on any atom is -0.465 e. The summed E-state index contributed by atoms with van der Waals surface area (Å²) in [5, 5.41) is 9.08. The molecule has 3 heterocycles. The van der Waals surface area contributed by atoms with Crippen LogP contribution in [0.15, 0.2) is 39.1 Å². The second-order valence-corrected chi connectivity index (χ2v) is 7.94. The van der Waals surface area contributed by atoms with E-state index in [1.165, 1.54) is 17.7 Å². The van der Waals surface area contributed by atoms with Crippen LogP contribution >= 0.6 is 35.3 Å². The lowest BCUT2D eigenvalue weighted by atomic mass is 10.1. The van der Waals surface area contributed by atoms with E-state index in [0.717, 1.165) is 43.7 Å². The van der Waals surface area contributed by atoms with Crippen LogP contribution in [0, 0.1) is 6.92 Å². The zero-order valence-electron chi connectivity index (χ0n) is 16.4. The Kier molecular flexibility index (Phi) is 9.11. The van der Waals surface area contributed by atoms with Crippen LogP contribution in [0.2, 0.25) is 0 Å². The number of hydrogen-bond acceptors (Lipinski definition) is 4. The molecule has 2 unspecified atom stereocenters. The van der Waals surface area contributed by atoms with Crippen LogP contribution in [-0.2, 0) is 0 Å². The Hall–Kier alpha value is -1.06. The van der Waals surface area contributed by atoms with E-state index in [1.54, 1.807) is 11.3 Å². The second-order valence-electron chi connectivity index (χ2n) is 6.96. The number of nitrogens with zero attached hydrogens (tertiary/aromatic N) is 2. The Labute approximate surface area is 183 Å². The summed E-state index contributed by atoms with van der Waals surface area (Å²) < 4.78 is 5.93. The molecule has 0 aliphatic carbocycles. The predicted molar refractivity (Wildman–Crippen MR) is 125 cm³/mol. The Morgan fingerprint density at radius 1 is 1.22 bits per heavy atom. The van der Waals surface area contributed by atoms with E-state index in [0.29, 0.717) is 5.92 Å². The minimum atomic E-state index is 0. The largest absolute Gasteiger partial charge is 0.465 e. The molecule has 27 heavy (non-hydrogen) atoms. The van der Waals surface area contributed by atoms with Gasteiger partial charge in [0.2, 0.25) is 0 Å². The first-order valence-electron chi connectivity index (χ1n) is 9.45. The SMILES string of the molecule is CN=C(NCC(C)c1cccs1)NCC(c1ccc(C)o1)N1CCCC1.I. The lowest BCUT2D eigenvalue weighted by molar-refractivity contribution is 0.213. The number of guanidine groups is 1. The van der Waals surface area contributed by atoms with Crippen LogP contribution in [0.3, 0.4) is 0 Å². The second kappa shape index (κ2) is 11.1. The smallest absolute Gasteiger partial charge is 0.191 e. The Morgan fingerprint density at radius 2 is 1.96 bits per heavy atom. The summed E-state index contributed by atoms with van der Waals surface area (Å²) in [4.78, 5) is 8.29. The summed E-state index contributed by atoms with van der Waals surface area (Å²) in [5.74, 6) is 3.33. The predicted octanol–water partition coefficient (Wildman–Crippen LogP) is 4.37. The number of furan rings is 1. The quantitative estimate of drug-likeness (QED) is 0.336. The summed E-state index contributed by atoms with van der Waals surface area (Å²) in [5.41, 5.74) is 0. The van der Waals surface area contributed by atoms with Gasteiger partial charge in [-0.3, -0.25) is 9.89 Å². The van der Waals surface area contributed by atoms with E-state index in [1.807, 2.05) is 20.0 Å². The van der Waals surface area contributed by atoms with Crippen molar-refractivity contribution in [1.82, 2.24) is 15.5 Å². The molecule has 0 bridgehead atoms. The van der Waals surface area contributed by atoms with Crippen molar-refractivity contribution >= 4 is 41.3 Å². The molecule has 0 aromatic carbocycles. The first-order valence-corrected chi connectivity index (χ1v) is 10.3. The van der Waals surface area contributed by atoms with Gasteiger partial charge in [0.15, 0.2) is 5.96 Å². The molecule has 0 spiro atoms. The topological polar surface area (TPSA) is 52.8 Å². The third kappa shape index (κ3) is 6.22. The molecule has 1 saturated heterocycles. The van der Waals surface area contributed by atoms with Crippen LogP contribution < -0.4 is 10.6 Å². The zero-order chi connectivity index (χ0) is 18.4. The molecule has 2 N–H and O–H groups in total. The molecule has 0 saturated carbocycles. The van der Waals surface area contributed by atoms with Gasteiger partial charge < -0.3 is 15.1 Å². The maximum Gasteiger partial charge on any atom is 0.191 e. The van der Waals surface area contributed by atoms with Crippen molar-refractivity contribution in [2.45, 2.75) is 38.6 Å². The van der Waals surface area contributed by atoms with Gasteiger partial charge in [0.1, 0.15) is 11.5 Å². The van der Waals surface area contributed by atoms with Crippen LogP contribution in [0.25, 0.3) is 0 Å². The fourth-order valence-corrected chi connectivity index (χ4v) is 4.22. The van der Waals surface area contributed by atoms with Gasteiger partial charge in [-0.15, -0.1) is 35.3 Å². The van der Waals surface area contributed by atoms with Crippen molar-refractivity contribution in [3.05, 3.63) is 46.0 Å². The molecule has 0 radical (unpaired) electrons. The molecule has 7 heteroatoms. The van der Waals surface area contributed by atoms with E-state index in [-0.39, 0.29) is 30.0 Å². The summed E-state index contributed by atoms with van der Waals surface area (Å²) in [6.07, 6.45) is 2.53. The summed E-state index contributed by atoms with van der Waals surface area (Å²) >= 11 is 1.81. The fourth-order valence-electron chi connectivity index (χ4n) is 3.43. The maximum absolute atomic E-state index is 5.93. The van der Waals surface area contributed by atoms with Gasteiger partial charge in [-0.1, -0.05) is 13.0 Å². The highest BCUT2D eigenvalue weighted by molar-refractivity contribution is 14.0. The average Bonchev–Trinajstić information content (AvgIpc) is 3.40. The molecule has 0 amide bonds. The molecule has 2 aromatic heterocycles. The van der Waals surface area contributed by atoms with Gasteiger partial charge in [0, 0.05) is 30.9 Å². The van der Waals surface area contributed by atoms with Crippen molar-refractivity contribution in [3.63, 3.8) is 0 Å². The number of rotatable bonds is 7. The number of thiophene rings is 1. The van der Waals surface area contributed by atoms with E-state index in [9.17, 15) is 0 Å². The number of hydrogen-bond donors (Lipinski definition) is 2. The van der Waals surface area contributed by atoms with Crippen molar-refractivity contribution in [2.24, 2.45) is 4.99 Å². The van der Waals surface area contributed by atoms with Crippen molar-refractivity contribution in [2.75, 3.05) is 33.2 Å². The molecular formula is C20H31IN4OS. The number of aliphatic imine (C=N–C) groups is 1. The van der Waals surface area contributed by atoms with Gasteiger partial charge >= 0.3 is 0 Å². The van der Waals surface area contributed by atoms with E-state index < -0.39 is 0 Å². The van der Waals surface area contributed by atoms with Crippen LogP contribution in [-0.4, -0.2) is 44.1 Å². The monoisotopic (exact) mass is 502 g/mol. The first-order chi connectivity index (χ1) is 12.7. The standard InChI is InChI=1S/C20H30N4OS.HI/c1-15(19-7-6-12-26-19)13-22-20(21-3)23-14-17(24-10-4-5-11-24)18-9-8-16(2)25-18;/h6-9,12,15,17H,4-5,10-11,13-14H2,1-3H3,(H2,21,22,23);1H. The van der Waals surface area contributed by atoms with Gasteiger partial charge in [-0.05, 0) is 56.4 Å². The molecule has 3 rings (SSSR count). The minimum absolute atomic E-state index is 0. The Bertz CT molecular complexity index is 695. The van der Waals surface area contributed by atoms with Gasteiger partial charge in [-0.25, -0.2) is 0 Å². The lowest BCUT2D eigenvalue weighted by Gasteiger charge is -2.27. The summed E-state index contributed by atoms with van der Waals surface area (Å²) in [6.45, 7) is 8.17.